The van der Waals surface area contributed by atoms with E-state index in [-0.39, 0.29) is 6.10 Å². The van der Waals surface area contributed by atoms with E-state index >= 15 is 0 Å². The molecule has 1 aromatic carbocycles. The van der Waals surface area contributed by atoms with Crippen LogP contribution in [0.1, 0.15) is 25.3 Å². The minimum atomic E-state index is 0.279. The summed E-state index contributed by atoms with van der Waals surface area (Å²) >= 11 is 0. The van der Waals surface area contributed by atoms with E-state index in [2.05, 4.69) is 13.8 Å². The number of hydrogen-bond donors (Lipinski definition) is 1. The Hall–Kier alpha value is -1.18. The summed E-state index contributed by atoms with van der Waals surface area (Å²) in [6.07, 6.45) is 0.279. The number of fused-ring (bicyclic) bond motifs is 1. The summed E-state index contributed by atoms with van der Waals surface area (Å²) in [5.41, 5.74) is 7.74. The third-order valence-electron chi connectivity index (χ3n) is 2.54. The smallest absolute Gasteiger partial charge is 0.123 e. The van der Waals surface area contributed by atoms with E-state index in [1.807, 2.05) is 18.2 Å². The molecule has 0 fully saturated rings. The van der Waals surface area contributed by atoms with Crippen LogP contribution in [-0.4, -0.2) is 6.10 Å². The standard InChI is InChI=1S/C10H13NO/c1-6-7(2)12-10-4-3-8(11)5-9(6)10/h3-7H,11H2,1-2H3/t6-,7+/m1/s1. The quantitative estimate of drug-likeness (QED) is 0.595. The largest absolute Gasteiger partial charge is 0.490 e. The van der Waals surface area contributed by atoms with Crippen molar-refractivity contribution in [1.82, 2.24) is 0 Å². The molecule has 1 aliphatic heterocycles. The van der Waals surface area contributed by atoms with Gasteiger partial charge in [-0.05, 0) is 25.1 Å². The molecule has 0 unspecified atom stereocenters. The maximum absolute atomic E-state index is 5.68. The van der Waals surface area contributed by atoms with Gasteiger partial charge in [0.15, 0.2) is 0 Å². The monoisotopic (exact) mass is 163 g/mol. The highest BCUT2D eigenvalue weighted by atomic mass is 16.5. The molecule has 0 aliphatic carbocycles. The topological polar surface area (TPSA) is 35.2 Å². The molecule has 64 valence electrons. The van der Waals surface area contributed by atoms with Crippen LogP contribution in [0.5, 0.6) is 5.75 Å². The van der Waals surface area contributed by atoms with Crippen LogP contribution in [0.25, 0.3) is 0 Å². The fourth-order valence-electron chi connectivity index (χ4n) is 1.59. The van der Waals surface area contributed by atoms with Crippen molar-refractivity contribution in [3.63, 3.8) is 0 Å². The fourth-order valence-corrected chi connectivity index (χ4v) is 1.59. The molecule has 0 aromatic heterocycles. The van der Waals surface area contributed by atoms with Crippen molar-refractivity contribution in [1.29, 1.82) is 0 Å². The number of benzene rings is 1. The van der Waals surface area contributed by atoms with Gasteiger partial charge in [0.05, 0.1) is 0 Å². The first-order chi connectivity index (χ1) is 5.68. The van der Waals surface area contributed by atoms with E-state index in [1.165, 1.54) is 5.56 Å². The molecule has 2 rings (SSSR count). The molecule has 2 heteroatoms. The van der Waals surface area contributed by atoms with Gasteiger partial charge < -0.3 is 10.5 Å². The predicted octanol–water partition coefficient (Wildman–Crippen LogP) is 2.15. The van der Waals surface area contributed by atoms with Crippen LogP contribution in [0, 0.1) is 0 Å². The third kappa shape index (κ3) is 0.951. The lowest BCUT2D eigenvalue weighted by Crippen LogP contribution is -2.10. The van der Waals surface area contributed by atoms with Gasteiger partial charge in [0, 0.05) is 17.2 Å². The van der Waals surface area contributed by atoms with Gasteiger partial charge in [0.25, 0.3) is 0 Å². The highest BCUT2D eigenvalue weighted by molar-refractivity contribution is 5.51. The Morgan fingerprint density at radius 2 is 2.08 bits per heavy atom. The van der Waals surface area contributed by atoms with Crippen LogP contribution in [0.15, 0.2) is 18.2 Å². The minimum absolute atomic E-state index is 0.279. The highest BCUT2D eigenvalue weighted by Crippen LogP contribution is 2.38. The van der Waals surface area contributed by atoms with Gasteiger partial charge >= 0.3 is 0 Å². The summed E-state index contributed by atoms with van der Waals surface area (Å²) in [6, 6.07) is 5.83. The van der Waals surface area contributed by atoms with Crippen molar-refractivity contribution in [2.45, 2.75) is 25.9 Å². The molecule has 0 saturated carbocycles. The Kier molecular flexibility index (Phi) is 1.50. The summed E-state index contributed by atoms with van der Waals surface area (Å²) < 4.78 is 5.62. The maximum Gasteiger partial charge on any atom is 0.123 e. The van der Waals surface area contributed by atoms with Gasteiger partial charge in [-0.2, -0.15) is 0 Å². The van der Waals surface area contributed by atoms with Gasteiger partial charge in [0.2, 0.25) is 0 Å². The zero-order chi connectivity index (χ0) is 8.72. The van der Waals surface area contributed by atoms with Crippen molar-refractivity contribution in [2.24, 2.45) is 0 Å². The van der Waals surface area contributed by atoms with Gasteiger partial charge in [-0.25, -0.2) is 0 Å². The molecule has 2 N–H and O–H groups in total. The van der Waals surface area contributed by atoms with Crippen molar-refractivity contribution < 1.29 is 4.74 Å². The minimum Gasteiger partial charge on any atom is -0.490 e. The van der Waals surface area contributed by atoms with Crippen molar-refractivity contribution in [3.05, 3.63) is 23.8 Å². The van der Waals surface area contributed by atoms with Crippen LogP contribution >= 0.6 is 0 Å². The average molecular weight is 163 g/mol. The Bertz CT molecular complexity index is 309. The van der Waals surface area contributed by atoms with Crippen LogP contribution in [0.2, 0.25) is 0 Å². The Balaban J connectivity index is 2.48. The zero-order valence-electron chi connectivity index (χ0n) is 7.37. The van der Waals surface area contributed by atoms with E-state index in [9.17, 15) is 0 Å². The van der Waals surface area contributed by atoms with E-state index in [1.54, 1.807) is 0 Å². The van der Waals surface area contributed by atoms with Crippen LogP contribution < -0.4 is 10.5 Å². The highest BCUT2D eigenvalue weighted by Gasteiger charge is 2.26. The van der Waals surface area contributed by atoms with Gasteiger partial charge in [-0.1, -0.05) is 6.92 Å². The van der Waals surface area contributed by atoms with Gasteiger partial charge in [0.1, 0.15) is 11.9 Å². The van der Waals surface area contributed by atoms with Crippen molar-refractivity contribution in [3.8, 4) is 5.75 Å². The van der Waals surface area contributed by atoms with Crippen LogP contribution in [0.4, 0.5) is 5.69 Å². The lowest BCUT2D eigenvalue weighted by molar-refractivity contribution is 0.232. The zero-order valence-corrected chi connectivity index (χ0v) is 7.37. The Labute approximate surface area is 72.3 Å². The number of nitrogens with two attached hydrogens (primary N) is 1. The molecule has 1 aromatic rings. The molecule has 1 heterocycles. The van der Waals surface area contributed by atoms with Crippen LogP contribution in [0.3, 0.4) is 0 Å². The van der Waals surface area contributed by atoms with Crippen molar-refractivity contribution >= 4 is 5.69 Å². The molecule has 0 spiro atoms. The second kappa shape index (κ2) is 2.41. The first-order valence-electron chi connectivity index (χ1n) is 4.24. The lowest BCUT2D eigenvalue weighted by Gasteiger charge is -2.07. The van der Waals surface area contributed by atoms with E-state index in [0.29, 0.717) is 5.92 Å². The molecule has 1 aliphatic rings. The number of rotatable bonds is 0. The normalized spacial score (nSPS) is 26.5. The molecule has 0 saturated heterocycles. The summed E-state index contributed by atoms with van der Waals surface area (Å²) in [4.78, 5) is 0. The summed E-state index contributed by atoms with van der Waals surface area (Å²) in [7, 11) is 0. The van der Waals surface area contributed by atoms with E-state index in [0.717, 1.165) is 11.4 Å². The van der Waals surface area contributed by atoms with Crippen LogP contribution in [-0.2, 0) is 0 Å². The number of ether oxygens (including phenoxy) is 1. The van der Waals surface area contributed by atoms with E-state index < -0.39 is 0 Å². The Morgan fingerprint density at radius 3 is 2.83 bits per heavy atom. The lowest BCUT2D eigenvalue weighted by atomic mass is 9.98. The number of anilines is 1. The fraction of sp³-hybridized carbons (Fsp3) is 0.400. The number of nitrogen functional groups attached to an aromatic ring is 1. The number of hydrogen-bond acceptors (Lipinski definition) is 2. The van der Waals surface area contributed by atoms with Gasteiger partial charge in [-0.15, -0.1) is 0 Å². The summed E-state index contributed by atoms with van der Waals surface area (Å²) in [5.74, 6) is 1.45. The van der Waals surface area contributed by atoms with Crippen molar-refractivity contribution in [2.75, 3.05) is 5.73 Å². The predicted molar refractivity (Wildman–Crippen MR) is 49.4 cm³/mol. The average Bonchev–Trinajstić information content (AvgIpc) is 2.31. The van der Waals surface area contributed by atoms with E-state index in [4.69, 9.17) is 10.5 Å². The summed E-state index contributed by atoms with van der Waals surface area (Å²) in [6.45, 7) is 4.25. The first kappa shape index (κ1) is 7.47. The molecular weight excluding hydrogens is 150 g/mol. The molecule has 2 nitrogen and oxygen atoms in total. The van der Waals surface area contributed by atoms with Gasteiger partial charge in [-0.3, -0.25) is 0 Å². The second-order valence-corrected chi connectivity index (χ2v) is 3.41. The molecule has 0 amide bonds. The SMILES string of the molecule is C[C@@H]1Oc2ccc(N)cc2[C@@H]1C. The Morgan fingerprint density at radius 1 is 1.33 bits per heavy atom. The second-order valence-electron chi connectivity index (χ2n) is 3.41. The maximum atomic E-state index is 5.68. The molecule has 2 atom stereocenters. The third-order valence-corrected chi connectivity index (χ3v) is 2.54. The molecule has 12 heavy (non-hydrogen) atoms. The molecular formula is C10H13NO. The molecule has 0 bridgehead atoms. The first-order valence-corrected chi connectivity index (χ1v) is 4.24. The summed E-state index contributed by atoms with van der Waals surface area (Å²) in [5, 5.41) is 0. The molecule has 0 radical (unpaired) electrons.